The van der Waals surface area contributed by atoms with E-state index in [0.29, 0.717) is 0 Å². The van der Waals surface area contributed by atoms with E-state index in [4.69, 9.17) is 5.73 Å². The lowest BCUT2D eigenvalue weighted by molar-refractivity contribution is -0.164. The molecule has 1 aliphatic heterocycles. The van der Waals surface area contributed by atoms with E-state index in [1.54, 1.807) is 5.06 Å². The maximum Gasteiger partial charge on any atom is 0.338 e. The van der Waals surface area contributed by atoms with Gasteiger partial charge in [-0.05, 0) is 0 Å². The minimum Gasteiger partial charge on any atom is -0.366 e. The topological polar surface area (TPSA) is 55.3 Å². The molecule has 1 rings (SSSR count). The van der Waals surface area contributed by atoms with Gasteiger partial charge >= 0.3 is 5.97 Å². The maximum absolute atomic E-state index is 10.3. The number of carbonyl (C=O) groups excluding carboxylic acids is 1. The monoisotopic (exact) mass is 116 g/mol. The molecular weight excluding hydrogens is 108 g/mol. The van der Waals surface area contributed by atoms with Crippen molar-refractivity contribution < 1.29 is 9.63 Å². The molecule has 4 nitrogen and oxygen atoms in total. The van der Waals surface area contributed by atoms with Crippen LogP contribution in [0.2, 0.25) is 0 Å². The van der Waals surface area contributed by atoms with Crippen molar-refractivity contribution in [3.63, 3.8) is 0 Å². The van der Waals surface area contributed by atoms with Crippen molar-refractivity contribution in [2.24, 2.45) is 5.73 Å². The number of nitrogens with two attached hydrogens (primary N) is 1. The van der Waals surface area contributed by atoms with E-state index in [1.165, 1.54) is 0 Å². The highest BCUT2D eigenvalue weighted by molar-refractivity contribution is 5.71. The first-order valence-corrected chi connectivity index (χ1v) is 2.49. The number of hydrogen-bond donors (Lipinski definition) is 1. The van der Waals surface area contributed by atoms with Gasteiger partial charge in [-0.15, -0.1) is 5.06 Å². The van der Waals surface area contributed by atoms with Gasteiger partial charge in [0.2, 0.25) is 0 Å². The van der Waals surface area contributed by atoms with Crippen LogP contribution >= 0.6 is 0 Å². The van der Waals surface area contributed by atoms with E-state index in [9.17, 15) is 4.79 Å². The molecule has 1 aliphatic rings. The summed E-state index contributed by atoms with van der Waals surface area (Å²) in [4.78, 5) is 14.9. The second-order valence-electron chi connectivity index (χ2n) is 1.60. The minimum absolute atomic E-state index is 0.0312. The molecule has 1 fully saturated rings. The van der Waals surface area contributed by atoms with Gasteiger partial charge in [0.05, 0.1) is 19.6 Å². The predicted octanol–water partition coefficient (Wildman–Crippen LogP) is -1.28. The Bertz CT molecular complexity index is 100. The van der Waals surface area contributed by atoms with Gasteiger partial charge in [-0.3, -0.25) is 0 Å². The molecule has 0 aromatic rings. The Balaban J connectivity index is 2.07. The van der Waals surface area contributed by atoms with Crippen LogP contribution in [0.4, 0.5) is 0 Å². The molecule has 0 amide bonds. The lowest BCUT2D eigenvalue weighted by atomic mass is 10.7. The smallest absolute Gasteiger partial charge is 0.338 e. The normalized spacial score (nSPS) is 18.1. The van der Waals surface area contributed by atoms with Crippen LogP contribution in [-0.2, 0) is 9.63 Å². The van der Waals surface area contributed by atoms with Crippen molar-refractivity contribution in [2.45, 2.75) is 0 Å². The average Bonchev–Trinajstić information content (AvgIpc) is 2.50. The molecule has 0 radical (unpaired) electrons. The summed E-state index contributed by atoms with van der Waals surface area (Å²) < 4.78 is 0. The van der Waals surface area contributed by atoms with Crippen molar-refractivity contribution in [3.8, 4) is 0 Å². The van der Waals surface area contributed by atoms with Gasteiger partial charge in [0.25, 0.3) is 0 Å². The molecule has 1 heterocycles. The average molecular weight is 116 g/mol. The molecule has 0 spiro atoms. The van der Waals surface area contributed by atoms with Crippen LogP contribution in [0.5, 0.6) is 0 Å². The highest BCUT2D eigenvalue weighted by atomic mass is 16.7. The van der Waals surface area contributed by atoms with Crippen LogP contribution < -0.4 is 5.73 Å². The molecule has 1 saturated heterocycles. The lowest BCUT2D eigenvalue weighted by Gasteiger charge is -1.97. The molecule has 0 aromatic heterocycles. The Morgan fingerprint density at radius 3 is 2.75 bits per heavy atom. The van der Waals surface area contributed by atoms with Gasteiger partial charge in [-0.25, -0.2) is 4.79 Å². The van der Waals surface area contributed by atoms with Crippen molar-refractivity contribution in [1.29, 1.82) is 0 Å². The van der Waals surface area contributed by atoms with Crippen molar-refractivity contribution in [2.75, 3.05) is 19.6 Å². The van der Waals surface area contributed by atoms with Gasteiger partial charge in [0, 0.05) is 0 Å². The van der Waals surface area contributed by atoms with E-state index in [-0.39, 0.29) is 12.5 Å². The molecular formula is C4H8N2O2. The first kappa shape index (κ1) is 5.53. The second kappa shape index (κ2) is 2.11. The quantitative estimate of drug-likeness (QED) is 0.456. The summed E-state index contributed by atoms with van der Waals surface area (Å²) in [6, 6.07) is 0. The van der Waals surface area contributed by atoms with Crippen LogP contribution in [0.1, 0.15) is 0 Å². The third kappa shape index (κ3) is 1.48. The van der Waals surface area contributed by atoms with Crippen molar-refractivity contribution in [3.05, 3.63) is 0 Å². The molecule has 0 saturated carbocycles. The van der Waals surface area contributed by atoms with Crippen LogP contribution in [0.3, 0.4) is 0 Å². The molecule has 0 aliphatic carbocycles. The summed E-state index contributed by atoms with van der Waals surface area (Å²) >= 11 is 0. The summed E-state index contributed by atoms with van der Waals surface area (Å²) in [5, 5.41) is 1.55. The SMILES string of the molecule is NCC(=O)ON1CC1. The van der Waals surface area contributed by atoms with Gasteiger partial charge < -0.3 is 10.6 Å². The van der Waals surface area contributed by atoms with Crippen molar-refractivity contribution in [1.82, 2.24) is 5.06 Å². The molecule has 2 N–H and O–H groups in total. The Kier molecular flexibility index (Phi) is 1.45. The van der Waals surface area contributed by atoms with Gasteiger partial charge in [0.1, 0.15) is 0 Å². The Morgan fingerprint density at radius 2 is 2.38 bits per heavy atom. The Hall–Kier alpha value is -0.610. The molecule has 4 heteroatoms. The number of hydrogen-bond acceptors (Lipinski definition) is 4. The first-order valence-electron chi connectivity index (χ1n) is 2.49. The summed E-state index contributed by atoms with van der Waals surface area (Å²) in [5.74, 6) is -0.359. The van der Waals surface area contributed by atoms with Gasteiger partial charge in [-0.2, -0.15) is 0 Å². The fourth-order valence-electron chi connectivity index (χ4n) is 0.313. The highest BCUT2D eigenvalue weighted by Gasteiger charge is 2.21. The minimum atomic E-state index is -0.359. The van der Waals surface area contributed by atoms with E-state index >= 15 is 0 Å². The van der Waals surface area contributed by atoms with Crippen LogP contribution in [0.25, 0.3) is 0 Å². The number of rotatable bonds is 2. The summed E-state index contributed by atoms with van der Waals surface area (Å²) in [7, 11) is 0. The summed E-state index contributed by atoms with van der Waals surface area (Å²) in [6.45, 7) is 1.67. The van der Waals surface area contributed by atoms with Crippen LogP contribution in [0.15, 0.2) is 0 Å². The maximum atomic E-state index is 10.3. The number of carbonyl (C=O) groups is 1. The fraction of sp³-hybridized carbons (Fsp3) is 0.750. The van der Waals surface area contributed by atoms with E-state index in [0.717, 1.165) is 13.1 Å². The molecule has 0 atom stereocenters. The molecule has 46 valence electrons. The molecule has 0 aromatic carbocycles. The zero-order valence-electron chi connectivity index (χ0n) is 4.46. The zero-order chi connectivity index (χ0) is 5.98. The lowest BCUT2D eigenvalue weighted by Crippen LogP contribution is -2.19. The van der Waals surface area contributed by atoms with E-state index in [2.05, 4.69) is 4.84 Å². The largest absolute Gasteiger partial charge is 0.366 e. The van der Waals surface area contributed by atoms with Gasteiger partial charge in [-0.1, -0.05) is 0 Å². The molecule has 0 bridgehead atoms. The highest BCUT2D eigenvalue weighted by Crippen LogP contribution is 2.02. The predicted molar refractivity (Wildman–Crippen MR) is 26.7 cm³/mol. The van der Waals surface area contributed by atoms with Gasteiger partial charge in [0.15, 0.2) is 0 Å². The summed E-state index contributed by atoms with van der Waals surface area (Å²) in [5.41, 5.74) is 4.95. The Labute approximate surface area is 47.2 Å². The third-order valence-electron chi connectivity index (χ3n) is 0.804. The van der Waals surface area contributed by atoms with Crippen molar-refractivity contribution >= 4 is 5.97 Å². The number of nitrogens with zero attached hydrogens (tertiary/aromatic N) is 1. The summed E-state index contributed by atoms with van der Waals surface area (Å²) in [6.07, 6.45) is 0. The van der Waals surface area contributed by atoms with Crippen LogP contribution in [-0.4, -0.2) is 30.7 Å². The molecule has 0 unspecified atom stereocenters. The van der Waals surface area contributed by atoms with Crippen LogP contribution in [0, 0.1) is 0 Å². The Morgan fingerprint density at radius 1 is 1.75 bits per heavy atom. The standard InChI is InChI=1S/C4H8N2O2/c5-3-4(7)8-6-1-2-6/h1-3,5H2. The van der Waals surface area contributed by atoms with E-state index in [1.807, 2.05) is 0 Å². The zero-order valence-corrected chi connectivity index (χ0v) is 4.46. The third-order valence-corrected chi connectivity index (χ3v) is 0.804. The molecule has 8 heavy (non-hydrogen) atoms. The fourth-order valence-corrected chi connectivity index (χ4v) is 0.313. The first-order chi connectivity index (χ1) is 3.83. The second-order valence-corrected chi connectivity index (χ2v) is 1.60. The van der Waals surface area contributed by atoms with E-state index < -0.39 is 0 Å². The number of hydroxylamine groups is 2.